The third-order valence-corrected chi connectivity index (χ3v) is 6.17. The number of benzene rings is 2. The lowest BCUT2D eigenvalue weighted by molar-refractivity contribution is -0.118. The maximum Gasteiger partial charge on any atom is 0.240 e. The minimum Gasteiger partial charge on any atom is -0.375 e. The molecule has 0 unspecified atom stereocenters. The summed E-state index contributed by atoms with van der Waals surface area (Å²) in [5.74, 6) is -0.359. The number of amides is 1. The van der Waals surface area contributed by atoms with Crippen LogP contribution in [-0.2, 0) is 26.2 Å². The van der Waals surface area contributed by atoms with Gasteiger partial charge in [0.1, 0.15) is 0 Å². The van der Waals surface area contributed by atoms with Gasteiger partial charge in [-0.3, -0.25) is 4.79 Å². The van der Waals surface area contributed by atoms with Gasteiger partial charge in [-0.25, -0.2) is 13.1 Å². The van der Waals surface area contributed by atoms with Gasteiger partial charge in [-0.2, -0.15) is 0 Å². The van der Waals surface area contributed by atoms with E-state index in [0.717, 1.165) is 10.5 Å². The maximum absolute atomic E-state index is 12.6. The maximum atomic E-state index is 12.6. The molecule has 28 heavy (non-hydrogen) atoms. The predicted molar refractivity (Wildman–Crippen MR) is 113 cm³/mol. The Morgan fingerprint density at radius 3 is 2.50 bits per heavy atom. The third kappa shape index (κ3) is 6.63. The van der Waals surface area contributed by atoms with Gasteiger partial charge in [-0.05, 0) is 30.0 Å². The zero-order valence-electron chi connectivity index (χ0n) is 16.3. The number of hydrogen-bond donors (Lipinski definition) is 2. The number of nitrogens with one attached hydrogen (secondary N) is 2. The van der Waals surface area contributed by atoms with Gasteiger partial charge in [0.05, 0.1) is 23.8 Å². The average molecular weight is 423 g/mol. The van der Waals surface area contributed by atoms with Crippen LogP contribution in [0.3, 0.4) is 0 Å². The van der Waals surface area contributed by atoms with Crippen LogP contribution in [0.4, 0.5) is 5.69 Å². The monoisotopic (exact) mass is 422 g/mol. The molecule has 152 valence electrons. The fourth-order valence-electron chi connectivity index (χ4n) is 2.32. The Labute approximate surface area is 171 Å². The second kappa shape index (κ2) is 10.6. The molecule has 0 radical (unpaired) electrons. The van der Waals surface area contributed by atoms with Crippen LogP contribution in [0.2, 0.25) is 0 Å². The summed E-state index contributed by atoms with van der Waals surface area (Å²) in [5.41, 5.74) is 1.53. The zero-order valence-corrected chi connectivity index (χ0v) is 17.9. The van der Waals surface area contributed by atoms with Crippen molar-refractivity contribution < 1.29 is 17.9 Å². The smallest absolute Gasteiger partial charge is 0.240 e. The van der Waals surface area contributed by atoms with Crippen molar-refractivity contribution in [3.8, 4) is 0 Å². The highest BCUT2D eigenvalue weighted by Gasteiger charge is 2.17. The number of carbonyl (C=O) groups excluding carboxylic acids is 1. The van der Waals surface area contributed by atoms with Gasteiger partial charge in [-0.1, -0.05) is 44.2 Å². The van der Waals surface area contributed by atoms with Crippen molar-refractivity contribution in [3.63, 3.8) is 0 Å². The highest BCUT2D eigenvalue weighted by molar-refractivity contribution is 7.98. The first-order valence-electron chi connectivity index (χ1n) is 8.93. The predicted octanol–water partition coefficient (Wildman–Crippen LogP) is 3.50. The minimum atomic E-state index is -3.70. The summed E-state index contributed by atoms with van der Waals surface area (Å²) in [4.78, 5) is 12.9. The van der Waals surface area contributed by atoms with Gasteiger partial charge in [0.15, 0.2) is 0 Å². The summed E-state index contributed by atoms with van der Waals surface area (Å²) in [7, 11) is -3.70. The second-order valence-corrected chi connectivity index (χ2v) is 9.06. The van der Waals surface area contributed by atoms with E-state index in [-0.39, 0.29) is 29.9 Å². The minimum absolute atomic E-state index is 0.104. The van der Waals surface area contributed by atoms with Crippen molar-refractivity contribution in [2.75, 3.05) is 24.7 Å². The Balaban J connectivity index is 1.97. The van der Waals surface area contributed by atoms with E-state index >= 15 is 0 Å². The molecule has 0 fully saturated rings. The Kier molecular flexibility index (Phi) is 8.50. The normalized spacial score (nSPS) is 11.6. The van der Waals surface area contributed by atoms with E-state index in [1.165, 1.54) is 23.9 Å². The molecule has 2 aromatic carbocycles. The first-order chi connectivity index (χ1) is 13.3. The quantitative estimate of drug-likeness (QED) is 0.452. The van der Waals surface area contributed by atoms with Gasteiger partial charge >= 0.3 is 0 Å². The number of thioether (sulfide) groups is 1. The van der Waals surface area contributed by atoms with Crippen molar-refractivity contribution in [1.82, 2.24) is 4.72 Å². The first kappa shape index (κ1) is 22.4. The van der Waals surface area contributed by atoms with E-state index in [1.807, 2.05) is 36.6 Å². The molecular formula is C20H26N2O4S2. The summed E-state index contributed by atoms with van der Waals surface area (Å²) in [5, 5.41) is 2.79. The molecule has 2 N–H and O–H groups in total. The Hall–Kier alpha value is -1.87. The second-order valence-electron chi connectivity index (χ2n) is 6.44. The molecule has 0 bridgehead atoms. The molecule has 0 aliphatic rings. The SMILES string of the molecule is CSc1ccc(S(=O)(=O)NCCOCc2ccccc2)cc1NC(=O)C(C)C. The van der Waals surface area contributed by atoms with E-state index in [1.54, 1.807) is 19.9 Å². The Morgan fingerprint density at radius 2 is 1.86 bits per heavy atom. The van der Waals surface area contributed by atoms with Crippen molar-refractivity contribution in [1.29, 1.82) is 0 Å². The largest absolute Gasteiger partial charge is 0.375 e. The Bertz CT molecular complexity index is 884. The van der Waals surface area contributed by atoms with Crippen LogP contribution < -0.4 is 10.0 Å². The molecular weight excluding hydrogens is 396 g/mol. The average Bonchev–Trinajstić information content (AvgIpc) is 2.68. The van der Waals surface area contributed by atoms with Crippen LogP contribution in [0.15, 0.2) is 58.3 Å². The Morgan fingerprint density at radius 1 is 1.14 bits per heavy atom. The summed E-state index contributed by atoms with van der Waals surface area (Å²) in [6.07, 6.45) is 1.87. The molecule has 0 aromatic heterocycles. The van der Waals surface area contributed by atoms with Gasteiger partial charge in [0.25, 0.3) is 0 Å². The van der Waals surface area contributed by atoms with E-state index < -0.39 is 10.0 Å². The highest BCUT2D eigenvalue weighted by Crippen LogP contribution is 2.28. The lowest BCUT2D eigenvalue weighted by Crippen LogP contribution is -2.27. The standard InChI is InChI=1S/C20H26N2O4S2/c1-15(2)20(23)22-18-13-17(9-10-19(18)27-3)28(24,25)21-11-12-26-14-16-7-5-4-6-8-16/h4-10,13,15,21H,11-12,14H2,1-3H3,(H,22,23). The van der Waals surface area contributed by atoms with E-state index in [0.29, 0.717) is 12.3 Å². The van der Waals surface area contributed by atoms with Crippen LogP contribution in [0.5, 0.6) is 0 Å². The number of carbonyl (C=O) groups is 1. The number of ether oxygens (including phenoxy) is 1. The van der Waals surface area contributed by atoms with Crippen LogP contribution >= 0.6 is 11.8 Å². The van der Waals surface area contributed by atoms with E-state index in [4.69, 9.17) is 4.74 Å². The molecule has 8 heteroatoms. The topological polar surface area (TPSA) is 84.5 Å². The van der Waals surface area contributed by atoms with Crippen molar-refractivity contribution >= 4 is 33.4 Å². The molecule has 0 saturated carbocycles. The van der Waals surface area contributed by atoms with Crippen molar-refractivity contribution in [2.45, 2.75) is 30.2 Å². The number of rotatable bonds is 10. The summed E-state index contributed by atoms with van der Waals surface area (Å²) >= 11 is 1.44. The highest BCUT2D eigenvalue weighted by atomic mass is 32.2. The molecule has 0 spiro atoms. The molecule has 6 nitrogen and oxygen atoms in total. The molecule has 0 atom stereocenters. The molecule has 0 aliphatic heterocycles. The van der Waals surface area contributed by atoms with E-state index in [9.17, 15) is 13.2 Å². The van der Waals surface area contributed by atoms with Crippen LogP contribution in [0, 0.1) is 5.92 Å². The molecule has 2 rings (SSSR count). The number of sulfonamides is 1. The van der Waals surface area contributed by atoms with Gasteiger partial charge < -0.3 is 10.1 Å². The summed E-state index contributed by atoms with van der Waals surface area (Å²) in [6.45, 7) is 4.41. The number of hydrogen-bond acceptors (Lipinski definition) is 5. The van der Waals surface area contributed by atoms with Crippen LogP contribution in [-0.4, -0.2) is 33.7 Å². The molecule has 0 saturated heterocycles. The lowest BCUT2D eigenvalue weighted by Gasteiger charge is -2.14. The van der Waals surface area contributed by atoms with Crippen molar-refractivity contribution in [3.05, 3.63) is 54.1 Å². The fraction of sp³-hybridized carbons (Fsp3) is 0.350. The summed E-state index contributed by atoms with van der Waals surface area (Å²) < 4.78 is 33.1. The van der Waals surface area contributed by atoms with Gasteiger partial charge in [0.2, 0.25) is 15.9 Å². The first-order valence-corrected chi connectivity index (χ1v) is 11.6. The molecule has 0 heterocycles. The van der Waals surface area contributed by atoms with Crippen LogP contribution in [0.25, 0.3) is 0 Å². The third-order valence-electron chi connectivity index (χ3n) is 3.91. The van der Waals surface area contributed by atoms with Crippen LogP contribution in [0.1, 0.15) is 19.4 Å². The molecule has 0 aliphatic carbocycles. The van der Waals surface area contributed by atoms with Gasteiger partial charge in [-0.15, -0.1) is 11.8 Å². The fourth-order valence-corrected chi connectivity index (χ4v) is 3.90. The van der Waals surface area contributed by atoms with Gasteiger partial charge in [0, 0.05) is 17.4 Å². The molecule has 2 aromatic rings. The number of anilines is 1. The van der Waals surface area contributed by atoms with E-state index in [2.05, 4.69) is 10.0 Å². The molecule has 1 amide bonds. The lowest BCUT2D eigenvalue weighted by atomic mass is 10.2. The van der Waals surface area contributed by atoms with Crippen molar-refractivity contribution in [2.24, 2.45) is 5.92 Å². The zero-order chi connectivity index (χ0) is 20.6. The summed E-state index contributed by atoms with van der Waals surface area (Å²) in [6, 6.07) is 14.4.